The van der Waals surface area contributed by atoms with Crippen molar-refractivity contribution >= 4 is 22.5 Å². The Kier molecular flexibility index (Phi) is 11.4. The van der Waals surface area contributed by atoms with Crippen molar-refractivity contribution < 1.29 is 14.3 Å². The van der Waals surface area contributed by atoms with Crippen molar-refractivity contribution in [1.29, 1.82) is 0 Å². The number of nitrogens with zero attached hydrogens (tertiary/aromatic N) is 3. The van der Waals surface area contributed by atoms with Crippen molar-refractivity contribution in [1.82, 2.24) is 14.3 Å². The molecule has 2 aromatic heterocycles. The lowest BCUT2D eigenvalue weighted by Gasteiger charge is -2.15. The van der Waals surface area contributed by atoms with E-state index in [2.05, 4.69) is 10.3 Å². The molecule has 0 radical (unpaired) electrons. The van der Waals surface area contributed by atoms with Crippen LogP contribution in [0.15, 0.2) is 83.8 Å². The van der Waals surface area contributed by atoms with Crippen LogP contribution in [0, 0.1) is 12.7 Å². The maximum absolute atomic E-state index is 15.2. The van der Waals surface area contributed by atoms with E-state index in [4.69, 9.17) is 5.73 Å². The summed E-state index contributed by atoms with van der Waals surface area (Å²) in [4.78, 5) is 31.0. The van der Waals surface area contributed by atoms with Gasteiger partial charge in [-0.25, -0.2) is 9.07 Å². The van der Waals surface area contributed by atoms with Gasteiger partial charge in [-0.1, -0.05) is 52.0 Å². The zero-order valence-electron chi connectivity index (χ0n) is 25.6. The molecule has 0 fully saturated rings. The van der Waals surface area contributed by atoms with E-state index in [0.29, 0.717) is 35.4 Å². The molecule has 0 aliphatic carbocycles. The van der Waals surface area contributed by atoms with Crippen molar-refractivity contribution in [3.8, 4) is 11.4 Å². The summed E-state index contributed by atoms with van der Waals surface area (Å²) in [6, 6.07) is 19.9. The fourth-order valence-corrected chi connectivity index (χ4v) is 4.75. The van der Waals surface area contributed by atoms with Crippen molar-refractivity contribution in [2.75, 3.05) is 5.32 Å². The minimum absolute atomic E-state index is 0.0319. The summed E-state index contributed by atoms with van der Waals surface area (Å²) in [5.74, 6) is -1.01. The van der Waals surface area contributed by atoms with Gasteiger partial charge >= 0.3 is 0 Å². The number of para-hydroxylation sites is 1. The molecule has 0 saturated carbocycles. The number of phenolic OH excluding ortho intramolecular Hbond substituents is 1. The Morgan fingerprint density at radius 3 is 2.35 bits per heavy atom. The molecule has 0 bridgehead atoms. The number of rotatable bonds is 7. The Balaban J connectivity index is 0.00000121. The predicted octanol–water partition coefficient (Wildman–Crippen LogP) is 6.58. The number of nitrogens with one attached hydrogen (secondary N) is 1. The van der Waals surface area contributed by atoms with E-state index in [1.165, 1.54) is 10.7 Å². The first-order valence-electron chi connectivity index (χ1n) is 14.5. The number of phenols is 1. The summed E-state index contributed by atoms with van der Waals surface area (Å²) in [6.07, 6.45) is 1.91. The highest BCUT2D eigenvalue weighted by Gasteiger charge is 2.24. The number of halogens is 1. The Morgan fingerprint density at radius 1 is 1.00 bits per heavy atom. The molecule has 226 valence electrons. The molecule has 1 atom stereocenters. The van der Waals surface area contributed by atoms with Gasteiger partial charge in [-0.3, -0.25) is 19.3 Å². The monoisotopic (exact) mass is 585 g/mol. The fourth-order valence-electron chi connectivity index (χ4n) is 4.75. The molecule has 0 saturated heterocycles. The Hall–Kier alpha value is -4.76. The van der Waals surface area contributed by atoms with Gasteiger partial charge in [-0.15, -0.1) is 0 Å². The third kappa shape index (κ3) is 7.37. The summed E-state index contributed by atoms with van der Waals surface area (Å²) in [5.41, 5.74) is 8.72. The van der Waals surface area contributed by atoms with Gasteiger partial charge in [0.15, 0.2) is 0 Å². The summed E-state index contributed by atoms with van der Waals surface area (Å²) in [5, 5.41) is 13.2. The highest BCUT2D eigenvalue weighted by atomic mass is 19.1. The molecule has 5 aromatic rings. The number of anilines is 1. The Morgan fingerprint density at radius 2 is 1.70 bits per heavy atom. The summed E-state index contributed by atoms with van der Waals surface area (Å²) in [7, 11) is 0. The summed E-state index contributed by atoms with van der Waals surface area (Å²) < 4.78 is 18.3. The fraction of sp³-hybridized carbons (Fsp3) is 0.265. The second kappa shape index (κ2) is 14.9. The zero-order chi connectivity index (χ0) is 31.7. The number of pyridine rings is 1. The molecule has 0 aliphatic rings. The van der Waals surface area contributed by atoms with E-state index >= 15 is 4.39 Å². The minimum Gasteiger partial charge on any atom is -0.508 e. The number of carbonyl (C=O) groups is 1. The number of aromatic hydroxyl groups is 1. The first kappa shape index (κ1) is 32.8. The number of benzene rings is 3. The van der Waals surface area contributed by atoms with Crippen LogP contribution in [0.1, 0.15) is 61.8 Å². The first-order valence-corrected chi connectivity index (χ1v) is 14.5. The Bertz CT molecular complexity index is 1740. The normalized spacial score (nSPS) is 11.2. The van der Waals surface area contributed by atoms with E-state index in [9.17, 15) is 14.7 Å². The van der Waals surface area contributed by atoms with E-state index in [0.717, 1.165) is 10.9 Å². The highest BCUT2D eigenvalue weighted by Crippen LogP contribution is 2.25. The lowest BCUT2D eigenvalue weighted by atomic mass is 10.0. The van der Waals surface area contributed by atoms with Gasteiger partial charge in [-0.05, 0) is 67.4 Å². The van der Waals surface area contributed by atoms with Gasteiger partial charge in [0, 0.05) is 35.8 Å². The van der Waals surface area contributed by atoms with Crippen LogP contribution in [0.5, 0.6) is 5.75 Å². The molecule has 3 aromatic carbocycles. The average molecular weight is 586 g/mol. The molecule has 0 aliphatic heterocycles. The van der Waals surface area contributed by atoms with Crippen molar-refractivity contribution in [3.63, 3.8) is 0 Å². The van der Waals surface area contributed by atoms with E-state index in [1.54, 1.807) is 60.3 Å². The summed E-state index contributed by atoms with van der Waals surface area (Å²) >= 11 is 0. The molecule has 1 amide bonds. The van der Waals surface area contributed by atoms with Gasteiger partial charge in [0.1, 0.15) is 17.1 Å². The molecule has 0 unspecified atom stereocenters. The topological polar surface area (TPSA) is 115 Å². The number of hydrogen-bond donors (Lipinski definition) is 3. The number of carbonyl (C=O) groups excluding carboxylic acids is 1. The molecular weight excluding hydrogens is 545 g/mol. The number of nitrogens with two attached hydrogens (primary N) is 1. The van der Waals surface area contributed by atoms with Gasteiger partial charge in [0.2, 0.25) is 0 Å². The molecule has 5 rings (SSSR count). The maximum atomic E-state index is 15.2. The zero-order valence-corrected chi connectivity index (χ0v) is 25.6. The van der Waals surface area contributed by atoms with Crippen LogP contribution < -0.4 is 16.6 Å². The lowest BCUT2D eigenvalue weighted by molar-refractivity contribution is 0.102. The van der Waals surface area contributed by atoms with Gasteiger partial charge in [0.05, 0.1) is 23.4 Å². The lowest BCUT2D eigenvalue weighted by Crippen LogP contribution is -2.30. The second-order valence-corrected chi connectivity index (χ2v) is 9.58. The molecule has 0 spiro atoms. The first-order chi connectivity index (χ1) is 20.7. The SMILES string of the molecule is CC.CC.Cc1c(C(=O)Nc2ccc(Cc3ccnc4cc(O)ccc34)c(F)c2)c(=O)n(-c2ccccc2)n1C[C@H](C)N. The number of hydrogen-bond acceptors (Lipinski definition) is 5. The van der Waals surface area contributed by atoms with E-state index in [-0.39, 0.29) is 23.0 Å². The van der Waals surface area contributed by atoms with Crippen LogP contribution in [0.25, 0.3) is 16.6 Å². The van der Waals surface area contributed by atoms with Gasteiger partial charge in [0.25, 0.3) is 11.5 Å². The average Bonchev–Trinajstić information content (AvgIpc) is 3.24. The predicted molar refractivity (Wildman–Crippen MR) is 172 cm³/mol. The number of aromatic nitrogens is 3. The van der Waals surface area contributed by atoms with Gasteiger partial charge < -0.3 is 16.2 Å². The van der Waals surface area contributed by atoms with Crippen molar-refractivity contribution in [2.45, 2.75) is 60.5 Å². The van der Waals surface area contributed by atoms with Crippen molar-refractivity contribution in [2.24, 2.45) is 5.73 Å². The third-order valence-electron chi connectivity index (χ3n) is 6.59. The molecule has 2 heterocycles. The maximum Gasteiger partial charge on any atom is 0.284 e. The molecule has 43 heavy (non-hydrogen) atoms. The molecular formula is C34H40FN5O3. The van der Waals surface area contributed by atoms with Crippen LogP contribution in [0.3, 0.4) is 0 Å². The second-order valence-electron chi connectivity index (χ2n) is 9.58. The van der Waals surface area contributed by atoms with Crippen LogP contribution in [-0.2, 0) is 13.0 Å². The van der Waals surface area contributed by atoms with Crippen LogP contribution in [-0.4, -0.2) is 31.4 Å². The van der Waals surface area contributed by atoms with Crippen LogP contribution >= 0.6 is 0 Å². The molecule has 8 nitrogen and oxygen atoms in total. The quantitative estimate of drug-likeness (QED) is 0.200. The number of amides is 1. The van der Waals surface area contributed by atoms with Gasteiger partial charge in [-0.2, -0.15) is 0 Å². The van der Waals surface area contributed by atoms with E-state index < -0.39 is 17.3 Å². The standard InChI is InChI=1S/C30H28FN5O3.2C2H6/c1-18(32)17-35-19(2)28(30(39)36(35)23-6-4-3-5-7-23)29(38)34-22-9-8-21(26(31)15-22)14-20-12-13-33-27-16-24(37)10-11-25(20)27;2*1-2/h3-13,15-16,18,37H,14,17,32H2,1-2H3,(H,34,38);2*1-2H3/t18-;;/m0../s1. The van der Waals surface area contributed by atoms with Crippen LogP contribution in [0.4, 0.5) is 10.1 Å². The Labute approximate surface area is 251 Å². The molecule has 4 N–H and O–H groups in total. The molecule has 9 heteroatoms. The minimum atomic E-state index is -0.627. The van der Waals surface area contributed by atoms with Crippen molar-refractivity contribution in [3.05, 3.63) is 118 Å². The third-order valence-corrected chi connectivity index (χ3v) is 6.59. The smallest absolute Gasteiger partial charge is 0.284 e. The number of fused-ring (bicyclic) bond motifs is 1. The summed E-state index contributed by atoms with van der Waals surface area (Å²) in [6.45, 7) is 11.8. The van der Waals surface area contributed by atoms with Crippen LogP contribution in [0.2, 0.25) is 0 Å². The largest absolute Gasteiger partial charge is 0.508 e. The highest BCUT2D eigenvalue weighted by molar-refractivity contribution is 6.05. The van der Waals surface area contributed by atoms with E-state index in [1.807, 2.05) is 58.9 Å².